The predicted octanol–water partition coefficient (Wildman–Crippen LogP) is 3.41. The van der Waals surface area contributed by atoms with Crippen molar-refractivity contribution in [2.45, 2.75) is 19.9 Å². The molecular formula is C19H20N2O3S. The summed E-state index contributed by atoms with van der Waals surface area (Å²) in [6.45, 7) is 2.75. The van der Waals surface area contributed by atoms with Gasteiger partial charge in [0.15, 0.2) is 4.80 Å². The lowest BCUT2D eigenvalue weighted by Crippen LogP contribution is -2.16. The smallest absolute Gasteiger partial charge is 0.252 e. The minimum Gasteiger partial charge on any atom is -0.497 e. The van der Waals surface area contributed by atoms with Gasteiger partial charge in [-0.1, -0.05) is 29.5 Å². The molecular weight excluding hydrogens is 336 g/mol. The fourth-order valence-corrected chi connectivity index (χ4v) is 3.87. The monoisotopic (exact) mass is 356 g/mol. The second kappa shape index (κ2) is 7.53. The molecule has 0 aliphatic rings. The highest BCUT2D eigenvalue weighted by molar-refractivity contribution is 7.16. The van der Waals surface area contributed by atoms with E-state index in [2.05, 4.69) is 4.99 Å². The van der Waals surface area contributed by atoms with Crippen LogP contribution in [0, 0.1) is 0 Å². The van der Waals surface area contributed by atoms with E-state index >= 15 is 0 Å². The number of carbonyl (C=O) groups is 1. The number of para-hydroxylation sites is 1. The van der Waals surface area contributed by atoms with Crippen LogP contribution in [0.25, 0.3) is 10.2 Å². The maximum Gasteiger partial charge on any atom is 0.252 e. The molecule has 0 fully saturated rings. The number of aryl methyl sites for hydroxylation is 1. The molecule has 0 aliphatic carbocycles. The van der Waals surface area contributed by atoms with Gasteiger partial charge in [0, 0.05) is 6.54 Å². The van der Waals surface area contributed by atoms with Crippen molar-refractivity contribution in [2.24, 2.45) is 4.99 Å². The van der Waals surface area contributed by atoms with Crippen LogP contribution in [0.15, 0.2) is 47.5 Å². The molecule has 3 aromatic rings. The van der Waals surface area contributed by atoms with E-state index in [1.54, 1.807) is 14.2 Å². The van der Waals surface area contributed by atoms with E-state index in [0.717, 1.165) is 27.3 Å². The highest BCUT2D eigenvalue weighted by Gasteiger charge is 2.11. The van der Waals surface area contributed by atoms with Crippen LogP contribution < -0.4 is 14.3 Å². The van der Waals surface area contributed by atoms with Crippen molar-refractivity contribution in [3.05, 3.63) is 52.8 Å². The topological polar surface area (TPSA) is 52.8 Å². The van der Waals surface area contributed by atoms with E-state index in [1.807, 2.05) is 54.0 Å². The number of methoxy groups -OCH3 is 2. The molecule has 0 spiro atoms. The van der Waals surface area contributed by atoms with Crippen molar-refractivity contribution in [2.75, 3.05) is 14.2 Å². The molecule has 0 aliphatic heterocycles. The van der Waals surface area contributed by atoms with E-state index < -0.39 is 0 Å². The van der Waals surface area contributed by atoms with Crippen LogP contribution in [0.4, 0.5) is 0 Å². The number of rotatable bonds is 5. The Morgan fingerprint density at radius 2 is 1.96 bits per heavy atom. The third-order valence-corrected chi connectivity index (χ3v) is 4.95. The summed E-state index contributed by atoms with van der Waals surface area (Å²) < 4.78 is 13.7. The molecule has 0 radical (unpaired) electrons. The molecule has 0 atom stereocenters. The summed E-state index contributed by atoms with van der Waals surface area (Å²) in [5.74, 6) is 1.35. The van der Waals surface area contributed by atoms with Gasteiger partial charge >= 0.3 is 0 Å². The first-order valence-electron chi connectivity index (χ1n) is 8.03. The highest BCUT2D eigenvalue weighted by atomic mass is 32.1. The minimum atomic E-state index is -0.180. The molecule has 6 heteroatoms. The summed E-state index contributed by atoms with van der Waals surface area (Å²) >= 11 is 1.50. The second-order valence-corrected chi connectivity index (χ2v) is 6.48. The van der Waals surface area contributed by atoms with E-state index in [1.165, 1.54) is 11.3 Å². The number of hydrogen-bond donors (Lipinski definition) is 0. The van der Waals surface area contributed by atoms with Crippen molar-refractivity contribution in [3.8, 4) is 11.5 Å². The van der Waals surface area contributed by atoms with Crippen LogP contribution >= 0.6 is 11.3 Å². The molecule has 1 aromatic heterocycles. The quantitative estimate of drug-likeness (QED) is 0.704. The number of thiazole rings is 1. The predicted molar refractivity (Wildman–Crippen MR) is 99.3 cm³/mol. The number of amides is 1. The summed E-state index contributed by atoms with van der Waals surface area (Å²) in [4.78, 5) is 17.5. The largest absolute Gasteiger partial charge is 0.497 e. The zero-order valence-corrected chi connectivity index (χ0v) is 15.3. The van der Waals surface area contributed by atoms with E-state index in [4.69, 9.17) is 9.47 Å². The van der Waals surface area contributed by atoms with Crippen LogP contribution in [-0.4, -0.2) is 24.7 Å². The number of aromatic nitrogens is 1. The standard InChI is InChI=1S/C19H20N2O3S/c1-4-21-18-15(24-3)9-6-10-16(18)25-19(21)20-17(22)12-13-7-5-8-14(11-13)23-2/h5-11H,4,12H2,1-3H3. The van der Waals surface area contributed by atoms with Gasteiger partial charge in [-0.15, -0.1) is 0 Å². The molecule has 25 heavy (non-hydrogen) atoms. The lowest BCUT2D eigenvalue weighted by Gasteiger charge is -2.05. The van der Waals surface area contributed by atoms with Crippen LogP contribution in [0.2, 0.25) is 0 Å². The zero-order chi connectivity index (χ0) is 17.8. The van der Waals surface area contributed by atoms with Gasteiger partial charge in [0.25, 0.3) is 5.91 Å². The Morgan fingerprint density at radius 1 is 1.16 bits per heavy atom. The maximum absolute atomic E-state index is 12.4. The lowest BCUT2D eigenvalue weighted by atomic mass is 10.1. The molecule has 130 valence electrons. The van der Waals surface area contributed by atoms with E-state index in [9.17, 15) is 4.79 Å². The van der Waals surface area contributed by atoms with Gasteiger partial charge in [-0.05, 0) is 36.8 Å². The molecule has 2 aromatic carbocycles. The highest BCUT2D eigenvalue weighted by Crippen LogP contribution is 2.27. The van der Waals surface area contributed by atoms with E-state index in [0.29, 0.717) is 11.3 Å². The fraction of sp³-hybridized carbons (Fsp3) is 0.263. The van der Waals surface area contributed by atoms with Gasteiger partial charge in [0.2, 0.25) is 0 Å². The third kappa shape index (κ3) is 3.58. The van der Waals surface area contributed by atoms with Crippen molar-refractivity contribution >= 4 is 27.5 Å². The normalized spacial score (nSPS) is 11.7. The minimum absolute atomic E-state index is 0.180. The number of carbonyl (C=O) groups excluding carboxylic acids is 1. The number of hydrogen-bond acceptors (Lipinski definition) is 4. The molecule has 1 heterocycles. The van der Waals surface area contributed by atoms with Gasteiger partial charge in [-0.25, -0.2) is 0 Å². The van der Waals surface area contributed by atoms with Crippen LogP contribution in [0.3, 0.4) is 0 Å². The first kappa shape index (κ1) is 17.2. The Labute approximate surface area is 150 Å². The van der Waals surface area contributed by atoms with Gasteiger partial charge in [0.1, 0.15) is 17.0 Å². The number of ether oxygens (including phenoxy) is 2. The Morgan fingerprint density at radius 3 is 2.68 bits per heavy atom. The lowest BCUT2D eigenvalue weighted by molar-refractivity contribution is -0.117. The average molecular weight is 356 g/mol. The molecule has 3 rings (SSSR count). The van der Waals surface area contributed by atoms with Crippen molar-refractivity contribution in [3.63, 3.8) is 0 Å². The maximum atomic E-state index is 12.4. The van der Waals surface area contributed by atoms with E-state index in [-0.39, 0.29) is 12.3 Å². The van der Waals surface area contributed by atoms with Gasteiger partial charge < -0.3 is 14.0 Å². The van der Waals surface area contributed by atoms with Crippen LogP contribution in [0.5, 0.6) is 11.5 Å². The Bertz CT molecular complexity index is 972. The van der Waals surface area contributed by atoms with Crippen LogP contribution in [0.1, 0.15) is 12.5 Å². The van der Waals surface area contributed by atoms with Crippen molar-refractivity contribution in [1.82, 2.24) is 4.57 Å². The summed E-state index contributed by atoms with van der Waals surface area (Å²) in [5.41, 5.74) is 1.86. The average Bonchev–Trinajstić information content (AvgIpc) is 2.98. The summed E-state index contributed by atoms with van der Waals surface area (Å²) in [6, 6.07) is 13.4. The summed E-state index contributed by atoms with van der Waals surface area (Å²) in [5, 5.41) is 0. The third-order valence-electron chi connectivity index (χ3n) is 3.91. The molecule has 0 saturated heterocycles. The first-order chi connectivity index (χ1) is 12.2. The zero-order valence-electron chi connectivity index (χ0n) is 14.5. The van der Waals surface area contributed by atoms with Gasteiger partial charge in [0.05, 0.1) is 25.3 Å². The Kier molecular flexibility index (Phi) is 5.19. The van der Waals surface area contributed by atoms with Crippen molar-refractivity contribution in [1.29, 1.82) is 0 Å². The second-order valence-electron chi connectivity index (χ2n) is 5.47. The van der Waals surface area contributed by atoms with Gasteiger partial charge in [-0.2, -0.15) is 4.99 Å². The summed E-state index contributed by atoms with van der Waals surface area (Å²) in [7, 11) is 3.26. The number of benzene rings is 2. The molecule has 1 amide bonds. The Balaban J connectivity index is 1.98. The number of nitrogens with zero attached hydrogens (tertiary/aromatic N) is 2. The SMILES string of the molecule is CCn1c(=NC(=O)Cc2cccc(OC)c2)sc2cccc(OC)c21. The fourth-order valence-electron chi connectivity index (χ4n) is 2.74. The molecule has 0 unspecified atom stereocenters. The van der Waals surface area contributed by atoms with Crippen LogP contribution in [-0.2, 0) is 17.8 Å². The number of fused-ring (bicyclic) bond motifs is 1. The first-order valence-corrected chi connectivity index (χ1v) is 8.84. The Hall–Kier alpha value is -2.60. The molecule has 0 bridgehead atoms. The molecule has 0 N–H and O–H groups in total. The molecule has 5 nitrogen and oxygen atoms in total. The van der Waals surface area contributed by atoms with Crippen molar-refractivity contribution < 1.29 is 14.3 Å². The van der Waals surface area contributed by atoms with Gasteiger partial charge in [-0.3, -0.25) is 4.79 Å². The molecule has 0 saturated carbocycles. The summed E-state index contributed by atoms with van der Waals surface area (Å²) in [6.07, 6.45) is 0.242.